The number of hydrogen-bond acceptors (Lipinski definition) is 4. The van der Waals surface area contributed by atoms with Crippen LogP contribution in [0.15, 0.2) is 24.3 Å². The van der Waals surface area contributed by atoms with Crippen LogP contribution in [0.1, 0.15) is 19.8 Å². The van der Waals surface area contributed by atoms with Crippen molar-refractivity contribution >= 4 is 23.5 Å². The van der Waals surface area contributed by atoms with Gasteiger partial charge >= 0.3 is 5.97 Å². The molecular weight excluding hydrogens is 300 g/mol. The molecule has 7 heteroatoms. The van der Waals surface area contributed by atoms with Crippen molar-refractivity contribution in [2.75, 3.05) is 24.6 Å². The fraction of sp³-hybridized carbons (Fsp3) is 0.438. The highest BCUT2D eigenvalue weighted by atomic mass is 16.5. The molecule has 0 spiro atoms. The molecular formula is C16H20N2O5. The Bertz CT molecular complexity index is 602. The number of nitrogens with one attached hydrogen (secondary N) is 1. The number of rotatable bonds is 7. The fourth-order valence-electron chi connectivity index (χ4n) is 2.43. The Morgan fingerprint density at radius 2 is 2.13 bits per heavy atom. The number of anilines is 1. The second-order valence-corrected chi connectivity index (χ2v) is 5.36. The molecule has 0 saturated heterocycles. The lowest BCUT2D eigenvalue weighted by atomic mass is 10.0. The minimum atomic E-state index is -0.931. The van der Waals surface area contributed by atoms with Gasteiger partial charge in [-0.1, -0.05) is 25.5 Å². The molecule has 0 fully saturated rings. The van der Waals surface area contributed by atoms with Crippen molar-refractivity contribution in [3.8, 4) is 5.75 Å². The van der Waals surface area contributed by atoms with Crippen molar-refractivity contribution in [3.63, 3.8) is 0 Å². The van der Waals surface area contributed by atoms with Crippen molar-refractivity contribution < 1.29 is 24.2 Å². The molecule has 1 aromatic rings. The highest BCUT2D eigenvalue weighted by Crippen LogP contribution is 2.31. The number of amides is 2. The number of nitrogens with zero attached hydrogens (tertiary/aromatic N) is 1. The molecule has 2 rings (SSSR count). The second kappa shape index (κ2) is 7.62. The number of carbonyl (C=O) groups excluding carboxylic acids is 2. The molecule has 1 aliphatic heterocycles. The van der Waals surface area contributed by atoms with Gasteiger partial charge in [-0.05, 0) is 18.6 Å². The number of para-hydroxylation sites is 2. The molecule has 1 heterocycles. The maximum absolute atomic E-state index is 12.1. The highest BCUT2D eigenvalue weighted by molar-refractivity contribution is 6.02. The summed E-state index contributed by atoms with van der Waals surface area (Å²) in [5.74, 6) is -1.69. The first-order valence-corrected chi connectivity index (χ1v) is 7.54. The number of aliphatic carboxylic acids is 1. The van der Waals surface area contributed by atoms with E-state index in [0.717, 1.165) is 6.42 Å². The van der Waals surface area contributed by atoms with E-state index in [4.69, 9.17) is 9.84 Å². The van der Waals surface area contributed by atoms with Crippen molar-refractivity contribution in [2.24, 2.45) is 5.92 Å². The van der Waals surface area contributed by atoms with Crippen molar-refractivity contribution in [1.82, 2.24) is 5.32 Å². The molecule has 1 atom stereocenters. The monoisotopic (exact) mass is 320 g/mol. The Morgan fingerprint density at radius 3 is 2.83 bits per heavy atom. The van der Waals surface area contributed by atoms with Gasteiger partial charge in [0, 0.05) is 6.54 Å². The first-order valence-electron chi connectivity index (χ1n) is 7.54. The van der Waals surface area contributed by atoms with Gasteiger partial charge in [-0.25, -0.2) is 0 Å². The predicted octanol–water partition coefficient (Wildman–Crippen LogP) is 1.03. The largest absolute Gasteiger partial charge is 0.482 e. The summed E-state index contributed by atoms with van der Waals surface area (Å²) in [5, 5.41) is 11.7. The van der Waals surface area contributed by atoms with E-state index in [2.05, 4.69) is 5.32 Å². The lowest BCUT2D eigenvalue weighted by Gasteiger charge is -2.28. The van der Waals surface area contributed by atoms with Crippen LogP contribution in [0.2, 0.25) is 0 Å². The molecule has 1 unspecified atom stereocenters. The number of carboxylic acids is 1. The first kappa shape index (κ1) is 16.8. The molecule has 1 aromatic carbocycles. The van der Waals surface area contributed by atoms with Gasteiger partial charge in [0.15, 0.2) is 6.61 Å². The summed E-state index contributed by atoms with van der Waals surface area (Å²) in [6, 6.07) is 6.98. The molecule has 0 bridgehead atoms. The number of ether oxygens (including phenoxy) is 1. The van der Waals surface area contributed by atoms with Gasteiger partial charge in [0.25, 0.3) is 5.91 Å². The van der Waals surface area contributed by atoms with E-state index in [1.807, 2.05) is 6.92 Å². The van der Waals surface area contributed by atoms with E-state index >= 15 is 0 Å². The summed E-state index contributed by atoms with van der Waals surface area (Å²) in [5.41, 5.74) is 0.544. The van der Waals surface area contributed by atoms with Crippen LogP contribution in [-0.4, -0.2) is 42.6 Å². The lowest BCUT2D eigenvalue weighted by Crippen LogP contribution is -2.46. The number of carboxylic acid groups (broad SMARTS) is 1. The van der Waals surface area contributed by atoms with Gasteiger partial charge in [-0.3, -0.25) is 19.3 Å². The van der Waals surface area contributed by atoms with Crippen LogP contribution in [0.5, 0.6) is 5.75 Å². The zero-order chi connectivity index (χ0) is 16.8. The standard InChI is InChI=1S/C16H20N2O5/c1-2-5-11(16(21)22)8-17-14(19)9-18-12-6-3-4-7-13(12)23-10-15(18)20/h3-4,6-7,11H,2,5,8-10H2,1H3,(H,17,19)(H,21,22). The molecule has 2 N–H and O–H groups in total. The van der Waals surface area contributed by atoms with Gasteiger partial charge in [0.05, 0.1) is 11.6 Å². The summed E-state index contributed by atoms with van der Waals surface area (Å²) >= 11 is 0. The van der Waals surface area contributed by atoms with Crippen LogP contribution in [0, 0.1) is 5.92 Å². The van der Waals surface area contributed by atoms with Gasteiger partial charge in [0.2, 0.25) is 5.91 Å². The quantitative estimate of drug-likeness (QED) is 0.782. The van der Waals surface area contributed by atoms with E-state index in [1.54, 1.807) is 24.3 Å². The second-order valence-electron chi connectivity index (χ2n) is 5.36. The minimum absolute atomic E-state index is 0.0577. The third-order valence-corrected chi connectivity index (χ3v) is 3.64. The van der Waals surface area contributed by atoms with Gasteiger partial charge in [-0.2, -0.15) is 0 Å². The van der Waals surface area contributed by atoms with E-state index in [9.17, 15) is 14.4 Å². The Balaban J connectivity index is 1.97. The van der Waals surface area contributed by atoms with Crippen LogP contribution in [0.3, 0.4) is 0 Å². The van der Waals surface area contributed by atoms with E-state index < -0.39 is 17.8 Å². The third kappa shape index (κ3) is 4.21. The Morgan fingerprint density at radius 1 is 1.39 bits per heavy atom. The summed E-state index contributed by atoms with van der Waals surface area (Å²) in [7, 11) is 0. The molecule has 0 radical (unpaired) electrons. The normalized spacial score (nSPS) is 14.7. The lowest BCUT2D eigenvalue weighted by molar-refractivity contribution is -0.142. The Labute approximate surface area is 134 Å². The van der Waals surface area contributed by atoms with Crippen molar-refractivity contribution in [3.05, 3.63) is 24.3 Å². The van der Waals surface area contributed by atoms with Crippen LogP contribution in [-0.2, 0) is 14.4 Å². The maximum Gasteiger partial charge on any atom is 0.308 e. The predicted molar refractivity (Wildman–Crippen MR) is 83.3 cm³/mol. The SMILES string of the molecule is CCCC(CNC(=O)CN1C(=O)COc2ccccc21)C(=O)O. The molecule has 2 amide bonds. The molecule has 0 aromatic heterocycles. The first-order chi connectivity index (χ1) is 11.0. The fourth-order valence-corrected chi connectivity index (χ4v) is 2.43. The zero-order valence-electron chi connectivity index (χ0n) is 12.9. The average molecular weight is 320 g/mol. The number of benzene rings is 1. The smallest absolute Gasteiger partial charge is 0.308 e. The Hall–Kier alpha value is -2.57. The van der Waals surface area contributed by atoms with Crippen LogP contribution >= 0.6 is 0 Å². The summed E-state index contributed by atoms with van der Waals surface area (Å²) in [4.78, 5) is 36.5. The van der Waals surface area contributed by atoms with E-state index in [1.165, 1.54) is 4.90 Å². The zero-order valence-corrected chi connectivity index (χ0v) is 12.9. The third-order valence-electron chi connectivity index (χ3n) is 3.64. The van der Waals surface area contributed by atoms with Crippen molar-refractivity contribution in [2.45, 2.75) is 19.8 Å². The molecule has 1 aliphatic rings. The minimum Gasteiger partial charge on any atom is -0.482 e. The molecule has 0 saturated carbocycles. The van der Waals surface area contributed by atoms with Crippen LogP contribution < -0.4 is 15.0 Å². The summed E-state index contributed by atoms with van der Waals surface area (Å²) < 4.78 is 5.31. The maximum atomic E-state index is 12.1. The van der Waals surface area contributed by atoms with Crippen molar-refractivity contribution in [1.29, 1.82) is 0 Å². The molecule has 124 valence electrons. The van der Waals surface area contributed by atoms with Gasteiger partial charge in [-0.15, -0.1) is 0 Å². The molecule has 0 aliphatic carbocycles. The Kier molecular flexibility index (Phi) is 5.56. The number of fused-ring (bicyclic) bond motifs is 1. The number of carbonyl (C=O) groups is 3. The summed E-state index contributed by atoms with van der Waals surface area (Å²) in [6.45, 7) is 1.68. The molecule has 7 nitrogen and oxygen atoms in total. The average Bonchev–Trinajstić information content (AvgIpc) is 2.54. The molecule has 23 heavy (non-hydrogen) atoms. The van der Waals surface area contributed by atoms with Gasteiger partial charge < -0.3 is 15.2 Å². The topological polar surface area (TPSA) is 95.9 Å². The van der Waals surface area contributed by atoms with E-state index in [0.29, 0.717) is 17.9 Å². The number of hydrogen-bond donors (Lipinski definition) is 2. The van der Waals surface area contributed by atoms with Gasteiger partial charge in [0.1, 0.15) is 12.3 Å². The van der Waals surface area contributed by atoms with Crippen LogP contribution in [0.25, 0.3) is 0 Å². The van der Waals surface area contributed by atoms with Crippen LogP contribution in [0.4, 0.5) is 5.69 Å². The summed E-state index contributed by atoms with van der Waals surface area (Å²) in [6.07, 6.45) is 1.22. The highest BCUT2D eigenvalue weighted by Gasteiger charge is 2.27. The van der Waals surface area contributed by atoms with E-state index in [-0.39, 0.29) is 25.6 Å².